The third kappa shape index (κ3) is 3.88. The van der Waals surface area contributed by atoms with E-state index in [9.17, 15) is 4.79 Å². The first-order valence-electron chi connectivity index (χ1n) is 8.79. The molecule has 0 aliphatic carbocycles. The van der Waals surface area contributed by atoms with Gasteiger partial charge in [-0.2, -0.15) is 4.52 Å². The minimum absolute atomic E-state index is 0.170. The number of pyridine rings is 1. The highest BCUT2D eigenvalue weighted by atomic mass is 32.1. The van der Waals surface area contributed by atoms with Crippen LogP contribution in [0.1, 0.15) is 23.6 Å². The minimum atomic E-state index is -0.170. The summed E-state index contributed by atoms with van der Waals surface area (Å²) in [4.78, 5) is 23.3. The number of benzene rings is 1. The van der Waals surface area contributed by atoms with E-state index in [2.05, 4.69) is 51.2 Å². The third-order valence-corrected chi connectivity index (χ3v) is 5.31. The lowest BCUT2D eigenvalue weighted by molar-refractivity contribution is 0.768. The van der Waals surface area contributed by atoms with Gasteiger partial charge in [0.15, 0.2) is 0 Å². The predicted molar refractivity (Wildman–Crippen MR) is 107 cm³/mol. The molecule has 0 amide bonds. The van der Waals surface area contributed by atoms with Crippen molar-refractivity contribution in [3.05, 3.63) is 88.1 Å². The van der Waals surface area contributed by atoms with E-state index in [1.807, 2.05) is 18.3 Å². The van der Waals surface area contributed by atoms with Gasteiger partial charge in [0.1, 0.15) is 0 Å². The Bertz CT molecular complexity index is 1090. The molecule has 4 rings (SSSR count). The summed E-state index contributed by atoms with van der Waals surface area (Å²) in [5.74, 6) is 0. The van der Waals surface area contributed by atoms with Gasteiger partial charge in [-0.15, -0.1) is 5.10 Å². The Morgan fingerprint density at radius 3 is 2.48 bits per heavy atom. The molecule has 136 valence electrons. The summed E-state index contributed by atoms with van der Waals surface area (Å²) in [7, 11) is 0. The number of fused-ring (bicyclic) bond motifs is 1. The molecule has 0 atom stereocenters. The van der Waals surface area contributed by atoms with E-state index in [-0.39, 0.29) is 5.56 Å². The highest BCUT2D eigenvalue weighted by molar-refractivity contribution is 7.20. The SMILES string of the molecule is CCc1ccc(CN(Cc2cccnc2)c2nn3c(=O)ccnc3s2)cc1. The predicted octanol–water partition coefficient (Wildman–Crippen LogP) is 3.32. The summed E-state index contributed by atoms with van der Waals surface area (Å²) in [6.45, 7) is 3.49. The van der Waals surface area contributed by atoms with Crippen molar-refractivity contribution in [2.75, 3.05) is 4.90 Å². The summed E-state index contributed by atoms with van der Waals surface area (Å²) in [5.41, 5.74) is 3.42. The van der Waals surface area contributed by atoms with Gasteiger partial charge in [0.05, 0.1) is 0 Å². The molecule has 4 aromatic rings. The van der Waals surface area contributed by atoms with Gasteiger partial charge >= 0.3 is 0 Å². The molecule has 0 saturated heterocycles. The Kier molecular flexibility index (Phi) is 4.93. The molecule has 0 spiro atoms. The van der Waals surface area contributed by atoms with Crippen LogP contribution in [-0.4, -0.2) is 19.6 Å². The molecular formula is C20H19N5OS. The first-order chi connectivity index (χ1) is 13.2. The fraction of sp³-hybridized carbons (Fsp3) is 0.200. The first kappa shape index (κ1) is 17.4. The number of hydrogen-bond donors (Lipinski definition) is 0. The van der Waals surface area contributed by atoms with Crippen molar-refractivity contribution in [2.24, 2.45) is 0 Å². The molecule has 27 heavy (non-hydrogen) atoms. The summed E-state index contributed by atoms with van der Waals surface area (Å²) in [6, 6.07) is 14.0. The van der Waals surface area contributed by atoms with Crippen LogP contribution in [0.3, 0.4) is 0 Å². The lowest BCUT2D eigenvalue weighted by Crippen LogP contribution is -2.23. The summed E-state index contributed by atoms with van der Waals surface area (Å²) >= 11 is 1.41. The van der Waals surface area contributed by atoms with E-state index >= 15 is 0 Å². The van der Waals surface area contributed by atoms with Crippen LogP contribution >= 0.6 is 11.3 Å². The second kappa shape index (κ2) is 7.67. The molecule has 0 bridgehead atoms. The van der Waals surface area contributed by atoms with Gasteiger partial charge in [-0.3, -0.25) is 9.78 Å². The van der Waals surface area contributed by atoms with Gasteiger partial charge < -0.3 is 4.90 Å². The van der Waals surface area contributed by atoms with Gasteiger partial charge in [-0.1, -0.05) is 48.6 Å². The highest BCUT2D eigenvalue weighted by Crippen LogP contribution is 2.25. The van der Waals surface area contributed by atoms with Crippen LogP contribution in [0.4, 0.5) is 5.13 Å². The van der Waals surface area contributed by atoms with E-state index in [0.717, 1.165) is 17.1 Å². The summed E-state index contributed by atoms with van der Waals surface area (Å²) in [5, 5.41) is 5.26. The smallest absolute Gasteiger partial charge is 0.275 e. The molecule has 3 heterocycles. The van der Waals surface area contributed by atoms with Crippen molar-refractivity contribution >= 4 is 21.4 Å². The van der Waals surface area contributed by atoms with Gasteiger partial charge in [-0.25, -0.2) is 4.98 Å². The van der Waals surface area contributed by atoms with Gasteiger partial charge in [0.25, 0.3) is 5.56 Å². The van der Waals surface area contributed by atoms with Gasteiger partial charge in [0.2, 0.25) is 10.1 Å². The normalized spacial score (nSPS) is 11.0. The topological polar surface area (TPSA) is 63.4 Å². The van der Waals surface area contributed by atoms with Crippen molar-refractivity contribution in [1.29, 1.82) is 0 Å². The molecule has 0 N–H and O–H groups in total. The Morgan fingerprint density at radius 2 is 1.78 bits per heavy atom. The quantitative estimate of drug-likeness (QED) is 0.516. The highest BCUT2D eigenvalue weighted by Gasteiger charge is 2.15. The van der Waals surface area contributed by atoms with E-state index in [1.54, 1.807) is 6.20 Å². The molecule has 0 aliphatic rings. The molecule has 3 aromatic heterocycles. The van der Waals surface area contributed by atoms with E-state index in [1.165, 1.54) is 39.2 Å². The number of aromatic nitrogens is 4. The fourth-order valence-electron chi connectivity index (χ4n) is 2.87. The van der Waals surface area contributed by atoms with Crippen LogP contribution < -0.4 is 10.5 Å². The second-order valence-electron chi connectivity index (χ2n) is 6.25. The number of hydrogen-bond acceptors (Lipinski definition) is 6. The zero-order valence-electron chi connectivity index (χ0n) is 14.9. The van der Waals surface area contributed by atoms with E-state index in [0.29, 0.717) is 18.1 Å². The van der Waals surface area contributed by atoms with Crippen LogP contribution in [-0.2, 0) is 19.5 Å². The summed E-state index contributed by atoms with van der Waals surface area (Å²) in [6.07, 6.45) is 6.16. The van der Waals surface area contributed by atoms with Gasteiger partial charge in [-0.05, 0) is 29.2 Å². The van der Waals surface area contributed by atoms with Crippen molar-refractivity contribution in [3.8, 4) is 0 Å². The maximum Gasteiger partial charge on any atom is 0.275 e. The van der Waals surface area contributed by atoms with Crippen molar-refractivity contribution in [1.82, 2.24) is 19.6 Å². The second-order valence-corrected chi connectivity index (χ2v) is 7.18. The zero-order valence-corrected chi connectivity index (χ0v) is 15.8. The fourth-order valence-corrected chi connectivity index (χ4v) is 3.74. The van der Waals surface area contributed by atoms with Crippen molar-refractivity contribution in [2.45, 2.75) is 26.4 Å². The van der Waals surface area contributed by atoms with Gasteiger partial charge in [0, 0.05) is 37.7 Å². The average molecular weight is 377 g/mol. The molecule has 7 heteroatoms. The Hall–Kier alpha value is -3.06. The van der Waals surface area contributed by atoms with E-state index in [4.69, 9.17) is 0 Å². The molecular weight excluding hydrogens is 358 g/mol. The maximum atomic E-state index is 12.0. The number of rotatable bonds is 6. The maximum absolute atomic E-state index is 12.0. The molecule has 0 aliphatic heterocycles. The molecule has 0 saturated carbocycles. The van der Waals surface area contributed by atoms with Crippen LogP contribution in [0.25, 0.3) is 4.96 Å². The molecule has 1 aromatic carbocycles. The molecule has 0 radical (unpaired) electrons. The number of anilines is 1. The molecule has 6 nitrogen and oxygen atoms in total. The molecule has 0 unspecified atom stereocenters. The Labute approximate surface area is 160 Å². The van der Waals surface area contributed by atoms with Crippen LogP contribution in [0.5, 0.6) is 0 Å². The first-order valence-corrected chi connectivity index (χ1v) is 9.61. The Morgan fingerprint density at radius 1 is 1.00 bits per heavy atom. The van der Waals surface area contributed by atoms with Crippen LogP contribution in [0, 0.1) is 0 Å². The average Bonchev–Trinajstić information content (AvgIpc) is 3.15. The lowest BCUT2D eigenvalue weighted by atomic mass is 10.1. The monoisotopic (exact) mass is 377 g/mol. The summed E-state index contributed by atoms with van der Waals surface area (Å²) < 4.78 is 1.36. The largest absolute Gasteiger partial charge is 0.338 e. The van der Waals surface area contributed by atoms with E-state index < -0.39 is 0 Å². The number of aryl methyl sites for hydroxylation is 1. The van der Waals surface area contributed by atoms with Crippen molar-refractivity contribution in [3.63, 3.8) is 0 Å². The van der Waals surface area contributed by atoms with Crippen LogP contribution in [0.15, 0.2) is 65.8 Å². The third-order valence-electron chi connectivity index (χ3n) is 4.33. The van der Waals surface area contributed by atoms with Crippen molar-refractivity contribution < 1.29 is 0 Å². The zero-order chi connectivity index (χ0) is 18.6. The number of nitrogens with zero attached hydrogens (tertiary/aromatic N) is 5. The standard InChI is InChI=1S/C20H19N5OS/c1-2-15-5-7-16(8-6-15)13-24(14-17-4-3-10-21-12-17)20-23-25-18(26)9-11-22-19(25)27-20/h3-12H,2,13-14H2,1H3. The van der Waals surface area contributed by atoms with Crippen LogP contribution in [0.2, 0.25) is 0 Å². The molecule has 0 fully saturated rings. The Balaban J connectivity index is 1.69. The minimum Gasteiger partial charge on any atom is -0.338 e. The lowest BCUT2D eigenvalue weighted by Gasteiger charge is -2.21.